The molecule has 0 aliphatic rings. The molecule has 0 unspecified atom stereocenters. The minimum atomic E-state index is 0.656. The average molecular weight is 259 g/mol. The van der Waals surface area contributed by atoms with Crippen molar-refractivity contribution < 1.29 is 0 Å². The first-order valence-electron chi connectivity index (χ1n) is 6.63. The van der Waals surface area contributed by atoms with Crippen LogP contribution in [0.2, 0.25) is 0 Å². The summed E-state index contributed by atoms with van der Waals surface area (Å²) in [5.74, 6) is 2.40. The van der Waals surface area contributed by atoms with Gasteiger partial charge < -0.3 is 5.32 Å². The summed E-state index contributed by atoms with van der Waals surface area (Å²) in [4.78, 5) is 9.14. The zero-order valence-corrected chi connectivity index (χ0v) is 12.0. The summed E-state index contributed by atoms with van der Waals surface area (Å²) in [6, 6.07) is 1.95. The molecule has 2 aromatic rings. The van der Waals surface area contributed by atoms with E-state index in [9.17, 15) is 0 Å². The summed E-state index contributed by atoms with van der Waals surface area (Å²) < 4.78 is 1.78. The van der Waals surface area contributed by atoms with Gasteiger partial charge in [-0.1, -0.05) is 13.8 Å². The molecule has 0 saturated carbocycles. The quantitative estimate of drug-likeness (QED) is 0.896. The first-order chi connectivity index (χ1) is 9.08. The van der Waals surface area contributed by atoms with Crippen LogP contribution in [0.5, 0.6) is 0 Å². The van der Waals surface area contributed by atoms with Gasteiger partial charge in [0.2, 0.25) is 0 Å². The van der Waals surface area contributed by atoms with Crippen molar-refractivity contribution >= 4 is 5.82 Å². The second-order valence-electron chi connectivity index (χ2n) is 5.14. The molecule has 0 saturated heterocycles. The largest absolute Gasteiger partial charge is 0.373 e. The summed E-state index contributed by atoms with van der Waals surface area (Å²) in [6.07, 6.45) is 5.79. The lowest BCUT2D eigenvalue weighted by molar-refractivity contribution is 0.575. The minimum absolute atomic E-state index is 0.656. The zero-order valence-electron chi connectivity index (χ0n) is 12.0. The van der Waals surface area contributed by atoms with Gasteiger partial charge in [-0.2, -0.15) is 5.10 Å². The fourth-order valence-electron chi connectivity index (χ4n) is 1.86. The van der Waals surface area contributed by atoms with Crippen molar-refractivity contribution in [2.75, 3.05) is 12.4 Å². The molecular weight excluding hydrogens is 238 g/mol. The van der Waals surface area contributed by atoms with E-state index in [4.69, 9.17) is 0 Å². The predicted octanol–water partition coefficient (Wildman–Crippen LogP) is 2.51. The van der Waals surface area contributed by atoms with E-state index in [0.717, 1.165) is 35.7 Å². The molecule has 0 amide bonds. The average Bonchev–Trinajstić information content (AvgIpc) is 2.82. The van der Waals surface area contributed by atoms with Crippen LogP contribution in [0.4, 0.5) is 5.82 Å². The van der Waals surface area contributed by atoms with Crippen LogP contribution in [0.1, 0.15) is 26.1 Å². The van der Waals surface area contributed by atoms with Crippen molar-refractivity contribution in [2.45, 2.75) is 26.7 Å². The molecule has 0 aliphatic heterocycles. The fraction of sp³-hybridized carbons (Fsp3) is 0.500. The van der Waals surface area contributed by atoms with Crippen LogP contribution in [0.3, 0.4) is 0 Å². The van der Waals surface area contributed by atoms with Crippen LogP contribution in [-0.2, 0) is 13.5 Å². The zero-order chi connectivity index (χ0) is 13.8. The summed E-state index contributed by atoms with van der Waals surface area (Å²) in [7, 11) is 3.78. The molecule has 0 spiro atoms. The molecule has 2 heterocycles. The summed E-state index contributed by atoms with van der Waals surface area (Å²) in [5, 5.41) is 7.28. The van der Waals surface area contributed by atoms with E-state index in [2.05, 4.69) is 34.2 Å². The standard InChI is InChI=1S/C14H21N5/c1-10(2)5-6-13-17-12(7-14(15-3)18-13)11-8-16-19(4)9-11/h7-10H,5-6H2,1-4H3,(H,15,17,18). The van der Waals surface area contributed by atoms with Crippen LogP contribution in [-0.4, -0.2) is 26.8 Å². The molecule has 2 aromatic heterocycles. The van der Waals surface area contributed by atoms with Gasteiger partial charge in [-0.15, -0.1) is 0 Å². The molecule has 0 fully saturated rings. The van der Waals surface area contributed by atoms with Crippen molar-refractivity contribution in [3.63, 3.8) is 0 Å². The topological polar surface area (TPSA) is 55.6 Å². The Morgan fingerprint density at radius 2 is 2.11 bits per heavy atom. The molecule has 5 heteroatoms. The van der Waals surface area contributed by atoms with Crippen LogP contribution < -0.4 is 5.32 Å². The predicted molar refractivity (Wildman–Crippen MR) is 76.9 cm³/mol. The number of nitrogens with one attached hydrogen (secondary N) is 1. The Morgan fingerprint density at radius 3 is 2.68 bits per heavy atom. The Morgan fingerprint density at radius 1 is 1.32 bits per heavy atom. The van der Waals surface area contributed by atoms with Gasteiger partial charge in [0.25, 0.3) is 0 Å². The van der Waals surface area contributed by atoms with E-state index in [0.29, 0.717) is 5.92 Å². The highest BCUT2D eigenvalue weighted by molar-refractivity contribution is 5.60. The van der Waals surface area contributed by atoms with Crippen molar-refractivity contribution in [3.05, 3.63) is 24.3 Å². The molecular formula is C14H21N5. The SMILES string of the molecule is CNc1cc(-c2cnn(C)c2)nc(CCC(C)C)n1. The lowest BCUT2D eigenvalue weighted by Gasteiger charge is -2.08. The molecule has 0 aromatic carbocycles. The van der Waals surface area contributed by atoms with E-state index in [-0.39, 0.29) is 0 Å². The second kappa shape index (κ2) is 5.82. The number of hydrogen-bond donors (Lipinski definition) is 1. The van der Waals surface area contributed by atoms with Gasteiger partial charge >= 0.3 is 0 Å². The number of aryl methyl sites for hydroxylation is 2. The molecule has 1 N–H and O–H groups in total. The highest BCUT2D eigenvalue weighted by atomic mass is 15.2. The molecule has 0 bridgehead atoms. The maximum atomic E-state index is 4.63. The Hall–Kier alpha value is -1.91. The number of anilines is 1. The summed E-state index contributed by atoms with van der Waals surface area (Å²) in [6.45, 7) is 4.42. The van der Waals surface area contributed by atoms with Gasteiger partial charge in [0.1, 0.15) is 11.6 Å². The molecule has 5 nitrogen and oxygen atoms in total. The normalized spacial score (nSPS) is 11.0. The van der Waals surface area contributed by atoms with Crippen LogP contribution >= 0.6 is 0 Å². The molecule has 0 atom stereocenters. The van der Waals surface area contributed by atoms with Crippen LogP contribution in [0, 0.1) is 5.92 Å². The molecule has 0 aliphatic carbocycles. The first-order valence-corrected chi connectivity index (χ1v) is 6.63. The third kappa shape index (κ3) is 3.53. The Kier molecular flexibility index (Phi) is 4.14. The van der Waals surface area contributed by atoms with Crippen molar-refractivity contribution in [2.24, 2.45) is 13.0 Å². The molecule has 2 rings (SSSR count). The van der Waals surface area contributed by atoms with E-state index >= 15 is 0 Å². The van der Waals surface area contributed by atoms with E-state index in [1.807, 2.05) is 32.6 Å². The fourth-order valence-corrected chi connectivity index (χ4v) is 1.86. The first kappa shape index (κ1) is 13.5. The van der Waals surface area contributed by atoms with Gasteiger partial charge in [-0.05, 0) is 12.3 Å². The van der Waals surface area contributed by atoms with Gasteiger partial charge in [-0.3, -0.25) is 4.68 Å². The van der Waals surface area contributed by atoms with Crippen LogP contribution in [0.15, 0.2) is 18.5 Å². The third-order valence-electron chi connectivity index (χ3n) is 2.97. The maximum absolute atomic E-state index is 4.63. The summed E-state index contributed by atoms with van der Waals surface area (Å²) in [5.41, 5.74) is 1.94. The molecule has 0 radical (unpaired) electrons. The number of rotatable bonds is 5. The molecule has 102 valence electrons. The Bertz CT molecular complexity index is 545. The summed E-state index contributed by atoms with van der Waals surface area (Å²) >= 11 is 0. The highest BCUT2D eigenvalue weighted by Crippen LogP contribution is 2.19. The monoisotopic (exact) mass is 259 g/mol. The van der Waals surface area contributed by atoms with E-state index in [1.54, 1.807) is 4.68 Å². The number of aromatic nitrogens is 4. The van der Waals surface area contributed by atoms with Crippen molar-refractivity contribution in [1.29, 1.82) is 0 Å². The van der Waals surface area contributed by atoms with Gasteiger partial charge in [0, 0.05) is 38.3 Å². The lowest BCUT2D eigenvalue weighted by atomic mass is 10.1. The number of nitrogens with zero attached hydrogens (tertiary/aromatic N) is 4. The van der Waals surface area contributed by atoms with Crippen LogP contribution in [0.25, 0.3) is 11.3 Å². The highest BCUT2D eigenvalue weighted by Gasteiger charge is 2.08. The van der Waals surface area contributed by atoms with Gasteiger partial charge in [-0.25, -0.2) is 9.97 Å². The number of hydrogen-bond acceptors (Lipinski definition) is 4. The van der Waals surface area contributed by atoms with E-state index < -0.39 is 0 Å². The minimum Gasteiger partial charge on any atom is -0.373 e. The third-order valence-corrected chi connectivity index (χ3v) is 2.97. The Balaban J connectivity index is 2.30. The Labute approximate surface area is 114 Å². The smallest absolute Gasteiger partial charge is 0.131 e. The van der Waals surface area contributed by atoms with Gasteiger partial charge in [0.05, 0.1) is 11.9 Å². The van der Waals surface area contributed by atoms with Crippen molar-refractivity contribution in [3.8, 4) is 11.3 Å². The van der Waals surface area contributed by atoms with Crippen molar-refractivity contribution in [1.82, 2.24) is 19.7 Å². The maximum Gasteiger partial charge on any atom is 0.131 e. The second-order valence-corrected chi connectivity index (χ2v) is 5.14. The lowest BCUT2D eigenvalue weighted by Crippen LogP contribution is -2.03. The molecule has 19 heavy (non-hydrogen) atoms. The van der Waals surface area contributed by atoms with E-state index in [1.165, 1.54) is 0 Å². The van der Waals surface area contributed by atoms with Gasteiger partial charge in [0.15, 0.2) is 0 Å².